The van der Waals surface area contributed by atoms with E-state index in [-0.39, 0.29) is 24.1 Å². The Morgan fingerprint density at radius 1 is 1.25 bits per heavy atom. The first kappa shape index (κ1) is 16.8. The van der Waals surface area contributed by atoms with E-state index >= 15 is 0 Å². The zero-order valence-corrected chi connectivity index (χ0v) is 13.1. The van der Waals surface area contributed by atoms with E-state index in [1.54, 1.807) is 11.8 Å². The van der Waals surface area contributed by atoms with E-state index in [0.717, 1.165) is 12.8 Å². The van der Waals surface area contributed by atoms with Crippen molar-refractivity contribution >= 4 is 12.1 Å². The van der Waals surface area contributed by atoms with Crippen LogP contribution in [0.4, 0.5) is 4.79 Å². The van der Waals surface area contributed by atoms with Gasteiger partial charge in [0.25, 0.3) is 0 Å². The number of ether oxygens (including phenoxy) is 2. The van der Waals surface area contributed by atoms with E-state index in [9.17, 15) is 9.59 Å². The second-order valence-electron chi connectivity index (χ2n) is 6.15. The topological polar surface area (TPSA) is 67.9 Å². The molecule has 0 radical (unpaired) electrons. The summed E-state index contributed by atoms with van der Waals surface area (Å²) in [7, 11) is 1.38. The van der Waals surface area contributed by atoms with Crippen molar-refractivity contribution in [2.24, 2.45) is 0 Å². The van der Waals surface area contributed by atoms with Crippen LogP contribution in [0.25, 0.3) is 0 Å². The number of nitrogens with one attached hydrogen (secondary N) is 1. The SMILES string of the molecule is COC(=O)[C@H](C)NC1CCN(C(=O)OC(C)(C)C)CC1. The Hall–Kier alpha value is -1.30. The highest BCUT2D eigenvalue weighted by molar-refractivity contribution is 5.75. The predicted molar refractivity (Wildman–Crippen MR) is 75.4 cm³/mol. The first-order valence-electron chi connectivity index (χ1n) is 7.04. The molecule has 6 nitrogen and oxygen atoms in total. The average Bonchev–Trinajstić information content (AvgIpc) is 2.36. The van der Waals surface area contributed by atoms with Crippen LogP contribution in [0.2, 0.25) is 0 Å². The van der Waals surface area contributed by atoms with Gasteiger partial charge in [0.2, 0.25) is 0 Å². The van der Waals surface area contributed by atoms with Gasteiger partial charge in [-0.15, -0.1) is 0 Å². The van der Waals surface area contributed by atoms with Crippen molar-refractivity contribution in [1.29, 1.82) is 0 Å². The number of piperidine rings is 1. The standard InChI is InChI=1S/C14H26N2O4/c1-10(12(17)19-5)15-11-6-8-16(9-7-11)13(18)20-14(2,3)4/h10-11,15H,6-9H2,1-5H3/t10-/m0/s1. The Morgan fingerprint density at radius 2 is 1.80 bits per heavy atom. The van der Waals surface area contributed by atoms with Crippen molar-refractivity contribution < 1.29 is 19.1 Å². The maximum absolute atomic E-state index is 11.9. The van der Waals surface area contributed by atoms with E-state index in [4.69, 9.17) is 4.74 Å². The fourth-order valence-electron chi connectivity index (χ4n) is 2.15. The molecular formula is C14H26N2O4. The molecule has 0 aromatic heterocycles. The molecule has 6 heteroatoms. The fourth-order valence-corrected chi connectivity index (χ4v) is 2.15. The molecule has 0 spiro atoms. The summed E-state index contributed by atoms with van der Waals surface area (Å²) in [6.45, 7) is 8.64. The smallest absolute Gasteiger partial charge is 0.410 e. The summed E-state index contributed by atoms with van der Waals surface area (Å²) >= 11 is 0. The van der Waals surface area contributed by atoms with Gasteiger partial charge >= 0.3 is 12.1 Å². The molecule has 0 aliphatic carbocycles. The van der Waals surface area contributed by atoms with Gasteiger partial charge in [-0.1, -0.05) is 0 Å². The number of hydrogen-bond donors (Lipinski definition) is 1. The number of rotatable bonds is 3. The molecule has 1 saturated heterocycles. The number of nitrogens with zero attached hydrogens (tertiary/aromatic N) is 1. The zero-order valence-electron chi connectivity index (χ0n) is 13.1. The number of esters is 1. The summed E-state index contributed by atoms with van der Waals surface area (Å²) in [4.78, 5) is 25.0. The molecule has 1 N–H and O–H groups in total. The number of hydrogen-bond acceptors (Lipinski definition) is 5. The maximum Gasteiger partial charge on any atom is 0.410 e. The van der Waals surface area contributed by atoms with Crippen molar-refractivity contribution in [3.05, 3.63) is 0 Å². The van der Waals surface area contributed by atoms with Crippen molar-refractivity contribution in [2.75, 3.05) is 20.2 Å². The number of amides is 1. The van der Waals surface area contributed by atoms with Gasteiger partial charge in [-0.3, -0.25) is 4.79 Å². The van der Waals surface area contributed by atoms with Crippen LogP contribution < -0.4 is 5.32 Å². The largest absolute Gasteiger partial charge is 0.468 e. The van der Waals surface area contributed by atoms with Gasteiger partial charge in [0.05, 0.1) is 7.11 Å². The van der Waals surface area contributed by atoms with Crippen molar-refractivity contribution in [3.8, 4) is 0 Å². The highest BCUT2D eigenvalue weighted by Crippen LogP contribution is 2.15. The molecule has 1 fully saturated rings. The quantitative estimate of drug-likeness (QED) is 0.797. The molecule has 0 aromatic rings. The normalized spacial score (nSPS) is 18.6. The van der Waals surface area contributed by atoms with Crippen molar-refractivity contribution in [2.45, 2.75) is 58.2 Å². The Labute approximate surface area is 120 Å². The van der Waals surface area contributed by atoms with Crippen LogP contribution in [0, 0.1) is 0 Å². The van der Waals surface area contributed by atoms with Crippen molar-refractivity contribution in [3.63, 3.8) is 0 Å². The minimum absolute atomic E-state index is 0.225. The van der Waals surface area contributed by atoms with Crippen LogP contribution in [0.3, 0.4) is 0 Å². The Bertz CT molecular complexity index is 344. The van der Waals surface area contributed by atoms with Crippen LogP contribution in [-0.4, -0.2) is 54.8 Å². The lowest BCUT2D eigenvalue weighted by molar-refractivity contribution is -0.142. The van der Waals surface area contributed by atoms with Gasteiger partial charge in [0.1, 0.15) is 11.6 Å². The molecule has 1 heterocycles. The van der Waals surface area contributed by atoms with Gasteiger partial charge in [-0.25, -0.2) is 4.79 Å². The van der Waals surface area contributed by atoms with Crippen LogP contribution in [0.5, 0.6) is 0 Å². The lowest BCUT2D eigenvalue weighted by Gasteiger charge is -2.34. The molecule has 1 aliphatic rings. The highest BCUT2D eigenvalue weighted by atomic mass is 16.6. The molecular weight excluding hydrogens is 260 g/mol. The number of methoxy groups -OCH3 is 1. The number of likely N-dealkylation sites (tertiary alicyclic amines) is 1. The molecule has 1 aliphatic heterocycles. The van der Waals surface area contributed by atoms with E-state index in [1.807, 2.05) is 20.8 Å². The third kappa shape index (κ3) is 5.36. The molecule has 0 bridgehead atoms. The molecule has 0 aromatic carbocycles. The molecule has 20 heavy (non-hydrogen) atoms. The van der Waals surface area contributed by atoms with E-state index in [1.165, 1.54) is 7.11 Å². The minimum atomic E-state index is -0.467. The third-order valence-electron chi connectivity index (χ3n) is 3.19. The Balaban J connectivity index is 2.36. The highest BCUT2D eigenvalue weighted by Gasteiger charge is 2.28. The third-order valence-corrected chi connectivity index (χ3v) is 3.19. The Morgan fingerprint density at radius 3 is 2.25 bits per heavy atom. The molecule has 1 atom stereocenters. The number of carbonyl (C=O) groups excluding carboxylic acids is 2. The van der Waals surface area contributed by atoms with Crippen LogP contribution >= 0.6 is 0 Å². The van der Waals surface area contributed by atoms with E-state index in [0.29, 0.717) is 13.1 Å². The van der Waals surface area contributed by atoms with E-state index < -0.39 is 5.60 Å². The van der Waals surface area contributed by atoms with Gasteiger partial charge in [0.15, 0.2) is 0 Å². The molecule has 1 amide bonds. The summed E-state index contributed by atoms with van der Waals surface area (Å²) in [5, 5.41) is 3.22. The second-order valence-corrected chi connectivity index (χ2v) is 6.15. The molecule has 116 valence electrons. The van der Waals surface area contributed by atoms with Gasteiger partial charge in [-0.2, -0.15) is 0 Å². The van der Waals surface area contributed by atoms with E-state index in [2.05, 4.69) is 10.1 Å². The van der Waals surface area contributed by atoms with Crippen LogP contribution in [0.1, 0.15) is 40.5 Å². The lowest BCUT2D eigenvalue weighted by Crippen LogP contribution is -2.50. The number of carbonyl (C=O) groups is 2. The van der Waals surface area contributed by atoms with Gasteiger partial charge in [0, 0.05) is 19.1 Å². The van der Waals surface area contributed by atoms with Crippen LogP contribution in [0.15, 0.2) is 0 Å². The zero-order chi connectivity index (χ0) is 15.3. The van der Waals surface area contributed by atoms with Gasteiger partial charge < -0.3 is 19.7 Å². The summed E-state index contributed by atoms with van der Waals surface area (Å²) in [5.74, 6) is -0.264. The molecule has 0 saturated carbocycles. The minimum Gasteiger partial charge on any atom is -0.468 e. The second kappa shape index (κ2) is 6.92. The molecule has 1 rings (SSSR count). The predicted octanol–water partition coefficient (Wildman–Crippen LogP) is 1.54. The fraction of sp³-hybridized carbons (Fsp3) is 0.857. The summed E-state index contributed by atoms with van der Waals surface area (Å²) in [6.07, 6.45) is 1.35. The average molecular weight is 286 g/mol. The first-order chi connectivity index (χ1) is 9.23. The summed E-state index contributed by atoms with van der Waals surface area (Å²) in [5.41, 5.74) is -0.467. The molecule has 0 unspecified atom stereocenters. The van der Waals surface area contributed by atoms with Gasteiger partial charge in [-0.05, 0) is 40.5 Å². The summed E-state index contributed by atoms with van der Waals surface area (Å²) in [6, 6.07) is -0.0964. The maximum atomic E-state index is 11.9. The summed E-state index contributed by atoms with van der Waals surface area (Å²) < 4.78 is 10.0. The Kier molecular flexibility index (Phi) is 5.80. The van der Waals surface area contributed by atoms with Crippen LogP contribution in [-0.2, 0) is 14.3 Å². The van der Waals surface area contributed by atoms with Crippen molar-refractivity contribution in [1.82, 2.24) is 10.2 Å². The lowest BCUT2D eigenvalue weighted by atomic mass is 10.0. The first-order valence-corrected chi connectivity index (χ1v) is 7.04. The monoisotopic (exact) mass is 286 g/mol.